The van der Waals surface area contributed by atoms with Gasteiger partial charge in [-0.15, -0.1) is 0 Å². The molecule has 2 aliphatic carbocycles. The predicted molar refractivity (Wildman–Crippen MR) is 104 cm³/mol. The van der Waals surface area contributed by atoms with Crippen molar-refractivity contribution in [3.63, 3.8) is 0 Å². The number of ether oxygens (including phenoxy) is 1. The highest BCUT2D eigenvalue weighted by Crippen LogP contribution is 2.63. The van der Waals surface area contributed by atoms with E-state index in [-0.39, 0.29) is 35.6 Å². The maximum atomic E-state index is 12.6. The second-order valence-corrected chi connectivity index (χ2v) is 8.63. The number of hydrazone groups is 1. The Morgan fingerprint density at radius 3 is 2.81 bits per heavy atom. The fourth-order valence-electron chi connectivity index (χ4n) is 4.90. The van der Waals surface area contributed by atoms with Crippen LogP contribution in [-0.4, -0.2) is 30.7 Å². The van der Waals surface area contributed by atoms with E-state index in [1.54, 1.807) is 6.07 Å². The molecule has 2 atom stereocenters. The summed E-state index contributed by atoms with van der Waals surface area (Å²) in [7, 11) is 0. The van der Waals surface area contributed by atoms with Crippen molar-refractivity contribution in [3.8, 4) is 5.75 Å². The second-order valence-electron chi connectivity index (χ2n) is 8.63. The molecule has 1 aliphatic heterocycles. The number of para-hydroxylation sites is 2. The van der Waals surface area contributed by atoms with Crippen LogP contribution in [0.15, 0.2) is 29.4 Å². The fraction of sp³-hybridized carbons (Fsp3) is 0.571. The maximum Gasteiger partial charge on any atom is 0.260 e. The van der Waals surface area contributed by atoms with Crippen LogP contribution in [0.5, 0.6) is 5.75 Å². The lowest BCUT2D eigenvalue weighted by atomic mass is 9.70. The largest absolute Gasteiger partial charge is 0.491 e. The molecular weight excluding hydrogens is 342 g/mol. The zero-order valence-electron chi connectivity index (χ0n) is 16.2. The van der Waals surface area contributed by atoms with Gasteiger partial charge in [-0.25, -0.2) is 5.43 Å². The molecule has 0 unspecified atom stereocenters. The first-order valence-electron chi connectivity index (χ1n) is 9.71. The molecule has 2 fully saturated rings. The molecule has 2 bridgehead atoms. The van der Waals surface area contributed by atoms with Gasteiger partial charge in [0.05, 0.1) is 18.7 Å². The van der Waals surface area contributed by atoms with Gasteiger partial charge in [0, 0.05) is 11.1 Å². The van der Waals surface area contributed by atoms with Crippen LogP contribution in [0.2, 0.25) is 0 Å². The van der Waals surface area contributed by atoms with Crippen molar-refractivity contribution in [2.75, 3.05) is 18.1 Å². The highest BCUT2D eigenvalue weighted by molar-refractivity contribution is 6.01. The number of nitrogens with one attached hydrogen (secondary N) is 1. The summed E-state index contributed by atoms with van der Waals surface area (Å²) < 4.78 is 5.62. The number of carbonyl (C=O) groups is 2. The van der Waals surface area contributed by atoms with Crippen LogP contribution in [0, 0.1) is 16.7 Å². The maximum absolute atomic E-state index is 12.6. The van der Waals surface area contributed by atoms with Crippen molar-refractivity contribution in [3.05, 3.63) is 24.3 Å². The van der Waals surface area contributed by atoms with Gasteiger partial charge in [-0.3, -0.25) is 14.5 Å². The SMILES string of the molecule is CC1(C)[C@@H]2CC[C@]1(C)/C(=N/NC(=O)CN1C(=O)CCOc3ccccc31)C2. The molecule has 0 spiro atoms. The molecule has 1 aromatic rings. The molecule has 6 heteroatoms. The van der Waals surface area contributed by atoms with Gasteiger partial charge in [0.1, 0.15) is 12.3 Å². The number of hydrogen-bond acceptors (Lipinski definition) is 4. The molecule has 1 N–H and O–H groups in total. The lowest BCUT2D eigenvalue weighted by molar-refractivity contribution is -0.123. The van der Waals surface area contributed by atoms with Gasteiger partial charge in [0.25, 0.3) is 5.91 Å². The minimum atomic E-state index is -0.281. The average Bonchev–Trinajstić information content (AvgIpc) is 2.89. The molecule has 4 rings (SSSR count). The minimum absolute atomic E-state index is 0.0454. The monoisotopic (exact) mass is 369 g/mol. The first kappa shape index (κ1) is 18.0. The van der Waals surface area contributed by atoms with Crippen molar-refractivity contribution in [1.82, 2.24) is 5.43 Å². The molecule has 0 radical (unpaired) electrons. The van der Waals surface area contributed by atoms with Crippen LogP contribution in [-0.2, 0) is 9.59 Å². The Morgan fingerprint density at radius 1 is 1.33 bits per heavy atom. The molecule has 6 nitrogen and oxygen atoms in total. The second kappa shape index (κ2) is 6.36. The minimum Gasteiger partial charge on any atom is -0.491 e. The molecular formula is C21H27N3O3. The molecule has 27 heavy (non-hydrogen) atoms. The third-order valence-electron chi connectivity index (χ3n) is 7.16. The first-order valence-corrected chi connectivity index (χ1v) is 9.71. The number of fused-ring (bicyclic) bond motifs is 3. The average molecular weight is 369 g/mol. The van der Waals surface area contributed by atoms with E-state index in [4.69, 9.17) is 4.74 Å². The number of benzene rings is 1. The number of nitrogens with zero attached hydrogens (tertiary/aromatic N) is 2. The van der Waals surface area contributed by atoms with E-state index in [1.807, 2.05) is 18.2 Å². The number of amides is 2. The van der Waals surface area contributed by atoms with Gasteiger partial charge in [0.15, 0.2) is 0 Å². The lowest BCUT2D eigenvalue weighted by Gasteiger charge is -2.34. The van der Waals surface area contributed by atoms with E-state index in [2.05, 4.69) is 31.3 Å². The van der Waals surface area contributed by atoms with Crippen LogP contribution >= 0.6 is 0 Å². The molecule has 2 amide bonds. The standard InChI is InChI=1S/C21H27N3O3/c1-20(2)14-8-10-21(20,3)17(12-14)22-23-18(25)13-24-15-6-4-5-7-16(15)27-11-9-19(24)26/h4-7,14H,8-13H2,1-3H3,(H,23,25)/b22-17+/t14-,21-/m1/s1. The van der Waals surface area contributed by atoms with E-state index in [9.17, 15) is 9.59 Å². The van der Waals surface area contributed by atoms with Gasteiger partial charge < -0.3 is 4.74 Å². The van der Waals surface area contributed by atoms with Crippen LogP contribution in [0.1, 0.15) is 46.5 Å². The first-order chi connectivity index (χ1) is 12.8. The van der Waals surface area contributed by atoms with Crippen molar-refractivity contribution in [1.29, 1.82) is 0 Å². The summed E-state index contributed by atoms with van der Waals surface area (Å²) >= 11 is 0. The summed E-state index contributed by atoms with van der Waals surface area (Å²) in [5.41, 5.74) is 4.69. The Hall–Kier alpha value is -2.37. The normalized spacial score (nSPS) is 30.0. The third kappa shape index (κ3) is 2.82. The van der Waals surface area contributed by atoms with Gasteiger partial charge in [-0.1, -0.05) is 32.9 Å². The Kier molecular flexibility index (Phi) is 4.24. The predicted octanol–water partition coefficient (Wildman–Crippen LogP) is 3.12. The number of hydrogen-bond donors (Lipinski definition) is 1. The summed E-state index contributed by atoms with van der Waals surface area (Å²) in [6.45, 7) is 7.14. The van der Waals surface area contributed by atoms with Gasteiger partial charge >= 0.3 is 0 Å². The quantitative estimate of drug-likeness (QED) is 0.832. The number of carbonyl (C=O) groups excluding carboxylic acids is 2. The van der Waals surface area contributed by atoms with Crippen LogP contribution in [0.4, 0.5) is 5.69 Å². The molecule has 1 heterocycles. The summed E-state index contributed by atoms with van der Waals surface area (Å²) in [5.74, 6) is 0.867. The van der Waals surface area contributed by atoms with E-state index in [1.165, 1.54) is 11.3 Å². The van der Waals surface area contributed by atoms with Crippen LogP contribution in [0.3, 0.4) is 0 Å². The highest BCUT2D eigenvalue weighted by atomic mass is 16.5. The Labute approximate surface area is 159 Å². The summed E-state index contributed by atoms with van der Waals surface area (Å²) in [6.07, 6.45) is 3.55. The van der Waals surface area contributed by atoms with Crippen molar-refractivity contribution in [2.45, 2.75) is 46.5 Å². The zero-order valence-corrected chi connectivity index (χ0v) is 16.2. The van der Waals surface area contributed by atoms with Gasteiger partial charge in [-0.05, 0) is 42.7 Å². The third-order valence-corrected chi connectivity index (χ3v) is 7.16. The van der Waals surface area contributed by atoms with E-state index < -0.39 is 0 Å². The number of anilines is 1. The molecule has 2 saturated carbocycles. The zero-order chi connectivity index (χ0) is 19.2. The van der Waals surface area contributed by atoms with E-state index in [0.717, 1.165) is 18.6 Å². The highest BCUT2D eigenvalue weighted by Gasteiger charge is 2.60. The molecule has 3 aliphatic rings. The van der Waals surface area contributed by atoms with Crippen molar-refractivity contribution in [2.24, 2.45) is 21.8 Å². The van der Waals surface area contributed by atoms with Crippen LogP contribution < -0.4 is 15.1 Å². The van der Waals surface area contributed by atoms with E-state index >= 15 is 0 Å². The smallest absolute Gasteiger partial charge is 0.260 e. The van der Waals surface area contributed by atoms with Crippen molar-refractivity contribution >= 4 is 23.2 Å². The summed E-state index contributed by atoms with van der Waals surface area (Å²) in [4.78, 5) is 26.5. The molecule has 0 aromatic heterocycles. The summed E-state index contributed by atoms with van der Waals surface area (Å²) in [6, 6.07) is 7.31. The number of rotatable bonds is 3. The Balaban J connectivity index is 1.48. The Bertz CT molecular complexity index is 817. The Morgan fingerprint density at radius 2 is 2.11 bits per heavy atom. The molecule has 1 aromatic carbocycles. The van der Waals surface area contributed by atoms with Gasteiger partial charge in [-0.2, -0.15) is 5.10 Å². The van der Waals surface area contributed by atoms with Crippen LogP contribution in [0.25, 0.3) is 0 Å². The topological polar surface area (TPSA) is 71.0 Å². The molecule has 144 valence electrons. The lowest BCUT2D eigenvalue weighted by Crippen LogP contribution is -2.40. The summed E-state index contributed by atoms with van der Waals surface area (Å²) in [5, 5.41) is 4.49. The van der Waals surface area contributed by atoms with Crippen molar-refractivity contribution < 1.29 is 14.3 Å². The van der Waals surface area contributed by atoms with E-state index in [0.29, 0.717) is 24.0 Å². The fourth-order valence-corrected chi connectivity index (χ4v) is 4.90. The molecule has 0 saturated heterocycles. The van der Waals surface area contributed by atoms with Gasteiger partial charge in [0.2, 0.25) is 5.91 Å².